The van der Waals surface area contributed by atoms with Crippen LogP contribution in [0.5, 0.6) is 0 Å². The maximum Gasteiger partial charge on any atom is 0.253 e. The van der Waals surface area contributed by atoms with Gasteiger partial charge >= 0.3 is 0 Å². The molecular weight excluding hydrogens is 382 g/mol. The van der Waals surface area contributed by atoms with Crippen LogP contribution in [0.3, 0.4) is 0 Å². The summed E-state index contributed by atoms with van der Waals surface area (Å²) in [5.74, 6) is -1.76. The molecule has 1 aromatic heterocycles. The average Bonchev–Trinajstić information content (AvgIpc) is 3.17. The van der Waals surface area contributed by atoms with Crippen molar-refractivity contribution in [3.63, 3.8) is 0 Å². The number of carboxylic acids is 1. The van der Waals surface area contributed by atoms with Crippen molar-refractivity contribution >= 4 is 28.5 Å². The van der Waals surface area contributed by atoms with Crippen LogP contribution in [0, 0.1) is 6.92 Å². The number of aryl methyl sites for hydroxylation is 1. The van der Waals surface area contributed by atoms with Crippen LogP contribution >= 0.6 is 0 Å². The van der Waals surface area contributed by atoms with Crippen molar-refractivity contribution < 1.29 is 14.7 Å². The second-order valence-electron chi connectivity index (χ2n) is 7.39. The van der Waals surface area contributed by atoms with Crippen LogP contribution in [0.25, 0.3) is 10.9 Å². The smallest absolute Gasteiger partial charge is 0.253 e. The zero-order chi connectivity index (χ0) is 21.3. The van der Waals surface area contributed by atoms with Gasteiger partial charge in [-0.3, -0.25) is 9.59 Å². The van der Waals surface area contributed by atoms with Gasteiger partial charge in [0.15, 0.2) is 0 Å². The molecule has 0 spiro atoms. The number of amides is 1. The molecule has 1 aliphatic heterocycles. The van der Waals surface area contributed by atoms with Gasteiger partial charge < -0.3 is 14.9 Å². The van der Waals surface area contributed by atoms with Crippen LogP contribution in [0.15, 0.2) is 64.5 Å². The van der Waals surface area contributed by atoms with E-state index in [1.807, 2.05) is 55.5 Å². The first-order valence-corrected chi connectivity index (χ1v) is 9.71. The van der Waals surface area contributed by atoms with Gasteiger partial charge in [-0.15, -0.1) is 0 Å². The van der Waals surface area contributed by atoms with Gasteiger partial charge in [-0.2, -0.15) is 5.10 Å². The zero-order valence-corrected chi connectivity index (χ0v) is 16.4. The minimum atomic E-state index is -1.30. The van der Waals surface area contributed by atoms with Gasteiger partial charge in [0, 0.05) is 29.9 Å². The van der Waals surface area contributed by atoms with Crippen molar-refractivity contribution in [2.75, 3.05) is 0 Å². The highest BCUT2D eigenvalue weighted by Crippen LogP contribution is 2.32. The number of H-pyrrole nitrogens is 1. The molecule has 30 heavy (non-hydrogen) atoms. The highest BCUT2D eigenvalue weighted by atomic mass is 16.4. The molecule has 0 fully saturated rings. The van der Waals surface area contributed by atoms with E-state index in [4.69, 9.17) is 0 Å². The minimum absolute atomic E-state index is 0.241. The molecule has 1 N–H and O–H groups in total. The Labute approximate surface area is 172 Å². The molecule has 2 heterocycles. The van der Waals surface area contributed by atoms with Crippen LogP contribution in [-0.2, 0) is 9.59 Å². The molecule has 4 rings (SSSR count). The number of aromatic amines is 1. The molecule has 7 nitrogen and oxygen atoms in total. The number of hydrazone groups is 1. The van der Waals surface area contributed by atoms with Crippen LogP contribution < -0.4 is 10.7 Å². The van der Waals surface area contributed by atoms with Crippen LogP contribution in [0.4, 0.5) is 0 Å². The van der Waals surface area contributed by atoms with Gasteiger partial charge in [-0.1, -0.05) is 42.5 Å². The lowest BCUT2D eigenvalue weighted by Gasteiger charge is -2.22. The van der Waals surface area contributed by atoms with Crippen LogP contribution in [0.2, 0.25) is 0 Å². The number of benzene rings is 2. The van der Waals surface area contributed by atoms with Gasteiger partial charge in [0.05, 0.1) is 11.8 Å². The summed E-state index contributed by atoms with van der Waals surface area (Å²) in [6.45, 7) is 1.94. The summed E-state index contributed by atoms with van der Waals surface area (Å²) in [7, 11) is 0. The third kappa shape index (κ3) is 3.87. The molecular formula is C23H20N3O4-. The summed E-state index contributed by atoms with van der Waals surface area (Å²) in [6.07, 6.45) is -0.276. The maximum atomic E-state index is 12.9. The van der Waals surface area contributed by atoms with Gasteiger partial charge in [0.25, 0.3) is 5.56 Å². The number of aliphatic carboxylic acids is 1. The Kier molecular flexibility index (Phi) is 5.18. The normalized spacial score (nSPS) is 16.0. The van der Waals surface area contributed by atoms with Crippen molar-refractivity contribution in [2.24, 2.45) is 5.10 Å². The first-order chi connectivity index (χ1) is 14.4. The summed E-state index contributed by atoms with van der Waals surface area (Å²) in [6, 6.07) is 16.3. The second kappa shape index (κ2) is 7.94. The lowest BCUT2D eigenvalue weighted by molar-refractivity contribution is -0.305. The molecule has 0 unspecified atom stereocenters. The number of pyridine rings is 1. The fourth-order valence-corrected chi connectivity index (χ4v) is 3.69. The van der Waals surface area contributed by atoms with E-state index in [2.05, 4.69) is 10.1 Å². The summed E-state index contributed by atoms with van der Waals surface area (Å²) in [4.78, 5) is 39.3. The molecule has 0 bridgehead atoms. The van der Waals surface area contributed by atoms with E-state index in [1.165, 1.54) is 5.01 Å². The van der Waals surface area contributed by atoms with Crippen molar-refractivity contribution in [3.8, 4) is 0 Å². The lowest BCUT2D eigenvalue weighted by Crippen LogP contribution is -2.32. The Bertz CT molecular complexity index is 1210. The predicted octanol–water partition coefficient (Wildman–Crippen LogP) is 2.04. The van der Waals surface area contributed by atoms with Crippen molar-refractivity contribution in [1.29, 1.82) is 0 Å². The topological polar surface area (TPSA) is 106 Å². The molecule has 1 amide bonds. The highest BCUT2D eigenvalue weighted by molar-refractivity contribution is 6.03. The summed E-state index contributed by atoms with van der Waals surface area (Å²) >= 11 is 0. The van der Waals surface area contributed by atoms with Crippen molar-refractivity contribution in [1.82, 2.24) is 9.99 Å². The summed E-state index contributed by atoms with van der Waals surface area (Å²) in [5.41, 5.74) is 3.40. The summed E-state index contributed by atoms with van der Waals surface area (Å²) < 4.78 is 0. The van der Waals surface area contributed by atoms with Gasteiger partial charge in [-0.25, -0.2) is 5.01 Å². The second-order valence-corrected chi connectivity index (χ2v) is 7.39. The van der Waals surface area contributed by atoms with E-state index < -0.39 is 24.3 Å². The molecule has 2 aromatic carbocycles. The largest absolute Gasteiger partial charge is 0.550 e. The molecule has 0 saturated heterocycles. The fourth-order valence-electron chi connectivity index (χ4n) is 3.69. The molecule has 0 radical (unpaired) electrons. The van der Waals surface area contributed by atoms with Crippen molar-refractivity contribution in [3.05, 3.63) is 81.6 Å². The fraction of sp³-hybridized carbons (Fsp3) is 0.217. The number of carboxylic acid groups (broad SMARTS) is 1. The van der Waals surface area contributed by atoms with Gasteiger partial charge in [0.1, 0.15) is 0 Å². The van der Waals surface area contributed by atoms with E-state index >= 15 is 0 Å². The molecule has 1 atom stereocenters. The Hall–Kier alpha value is -3.74. The molecule has 7 heteroatoms. The van der Waals surface area contributed by atoms with E-state index in [9.17, 15) is 19.5 Å². The number of fused-ring (bicyclic) bond motifs is 1. The predicted molar refractivity (Wildman–Crippen MR) is 111 cm³/mol. The quantitative estimate of drug-likeness (QED) is 0.705. The average molecular weight is 402 g/mol. The molecule has 0 aliphatic carbocycles. The number of hydrogen-bond donors (Lipinski definition) is 1. The van der Waals surface area contributed by atoms with E-state index in [0.29, 0.717) is 17.7 Å². The zero-order valence-electron chi connectivity index (χ0n) is 16.4. The molecule has 1 aliphatic rings. The Morgan fingerprint density at radius 2 is 1.90 bits per heavy atom. The highest BCUT2D eigenvalue weighted by Gasteiger charge is 2.34. The first kappa shape index (κ1) is 19.6. The van der Waals surface area contributed by atoms with Gasteiger partial charge in [-0.05, 0) is 42.0 Å². The van der Waals surface area contributed by atoms with Crippen LogP contribution in [-0.4, -0.2) is 27.6 Å². The number of carbonyl (C=O) groups excluding carboxylic acids is 2. The van der Waals surface area contributed by atoms with E-state index in [1.54, 1.807) is 6.07 Å². The third-order valence-electron chi connectivity index (χ3n) is 5.21. The third-order valence-corrected chi connectivity index (χ3v) is 5.21. The maximum absolute atomic E-state index is 12.9. The SMILES string of the molecule is Cc1ccc2cc([C@@H]3CC(c4ccccc4)=NN3C(=O)CCC(=O)[O-])c(=O)[nH]c2c1. The van der Waals surface area contributed by atoms with Gasteiger partial charge in [0.2, 0.25) is 5.91 Å². The lowest BCUT2D eigenvalue weighted by atomic mass is 9.98. The Morgan fingerprint density at radius 1 is 1.13 bits per heavy atom. The Morgan fingerprint density at radius 3 is 2.63 bits per heavy atom. The number of nitrogens with zero attached hydrogens (tertiary/aromatic N) is 2. The van der Waals surface area contributed by atoms with Crippen LogP contribution in [0.1, 0.15) is 42.0 Å². The monoisotopic (exact) mass is 402 g/mol. The van der Waals surface area contributed by atoms with E-state index in [0.717, 1.165) is 22.0 Å². The minimum Gasteiger partial charge on any atom is -0.550 e. The first-order valence-electron chi connectivity index (χ1n) is 9.71. The number of rotatable bonds is 5. The number of nitrogens with one attached hydrogen (secondary N) is 1. The van der Waals surface area contributed by atoms with E-state index in [-0.39, 0.29) is 12.0 Å². The standard InChI is InChI=1S/C23H21N3O4/c1-14-7-8-16-12-17(23(30)24-18(16)11-14)20-13-19(15-5-3-2-4-6-15)25-26(20)21(27)9-10-22(28)29/h2-8,11-12,20H,9-10,13H2,1H3,(H,24,30)(H,28,29)/p-1/t20-/m0/s1. The molecule has 3 aromatic rings. The number of carbonyl (C=O) groups is 2. The Balaban J connectivity index is 1.75. The molecule has 0 saturated carbocycles. The molecule has 152 valence electrons. The number of hydrogen-bond acceptors (Lipinski definition) is 5. The van der Waals surface area contributed by atoms with Crippen molar-refractivity contribution in [2.45, 2.75) is 32.2 Å². The number of aromatic nitrogens is 1. The summed E-state index contributed by atoms with van der Waals surface area (Å²) in [5, 5.41) is 17.4.